The fourth-order valence-electron chi connectivity index (χ4n) is 3.24. The summed E-state index contributed by atoms with van der Waals surface area (Å²) in [5, 5.41) is 7.10. The molecule has 4 rings (SSSR count). The van der Waals surface area contributed by atoms with E-state index in [0.29, 0.717) is 36.3 Å². The number of rotatable bonds is 6. The highest BCUT2D eigenvalue weighted by Gasteiger charge is 2.16. The molecule has 0 bridgehead atoms. The Hall–Kier alpha value is -3.19. The number of nitrogens with zero attached hydrogens (tertiary/aromatic N) is 2. The lowest BCUT2D eigenvalue weighted by molar-refractivity contribution is 0.0595. The van der Waals surface area contributed by atoms with Gasteiger partial charge in [-0.25, -0.2) is 0 Å². The molecule has 1 N–H and O–H groups in total. The number of nitrogens with one attached hydrogen (secondary N) is 1. The summed E-state index contributed by atoms with van der Waals surface area (Å²) < 4.78 is 26.8. The Kier molecular flexibility index (Phi) is 5.86. The highest BCUT2D eigenvalue weighted by molar-refractivity contribution is 5.44. The molecule has 0 unspecified atom stereocenters. The van der Waals surface area contributed by atoms with Gasteiger partial charge in [-0.15, -0.1) is 0 Å². The Morgan fingerprint density at radius 3 is 2.62 bits per heavy atom. The van der Waals surface area contributed by atoms with E-state index in [9.17, 15) is 9.18 Å². The highest BCUT2D eigenvalue weighted by atomic mass is 19.1. The quantitative estimate of drug-likeness (QED) is 0.683. The van der Waals surface area contributed by atoms with Crippen molar-refractivity contribution < 1.29 is 13.9 Å². The van der Waals surface area contributed by atoms with Crippen molar-refractivity contribution >= 4 is 5.69 Å². The Labute approximate surface area is 167 Å². The fourth-order valence-corrected chi connectivity index (χ4v) is 3.24. The molecule has 6 nitrogen and oxygen atoms in total. The molecular weight excluding hydrogens is 373 g/mol. The first-order valence-corrected chi connectivity index (χ1v) is 9.63. The van der Waals surface area contributed by atoms with E-state index in [0.717, 1.165) is 24.1 Å². The van der Waals surface area contributed by atoms with Crippen LogP contribution in [0.25, 0.3) is 5.69 Å². The van der Waals surface area contributed by atoms with Gasteiger partial charge in [0.1, 0.15) is 11.5 Å². The first-order chi connectivity index (χ1) is 14.2. The molecule has 1 aliphatic rings. The molecule has 1 aliphatic heterocycles. The third kappa shape index (κ3) is 4.63. The molecule has 3 aromatic rings. The molecule has 2 aromatic carbocycles. The first kappa shape index (κ1) is 19.1. The van der Waals surface area contributed by atoms with Crippen LogP contribution >= 0.6 is 0 Å². The van der Waals surface area contributed by atoms with Gasteiger partial charge in [-0.3, -0.25) is 4.79 Å². The normalized spacial score (nSPS) is 16.4. The zero-order chi connectivity index (χ0) is 20.1. The van der Waals surface area contributed by atoms with Crippen LogP contribution in [0, 0.1) is 11.7 Å². The lowest BCUT2D eigenvalue weighted by atomic mass is 10.0. The van der Waals surface area contributed by atoms with Crippen molar-refractivity contribution in [3.05, 3.63) is 77.0 Å². The molecule has 0 amide bonds. The molecule has 0 saturated carbocycles. The summed E-state index contributed by atoms with van der Waals surface area (Å²) in [6, 6.07) is 16.1. The van der Waals surface area contributed by atoms with Crippen molar-refractivity contribution in [3.8, 4) is 17.2 Å². The number of benzene rings is 2. The smallest absolute Gasteiger partial charge is 0.309 e. The van der Waals surface area contributed by atoms with Crippen molar-refractivity contribution in [3.63, 3.8) is 0 Å². The highest BCUT2D eigenvalue weighted by Crippen LogP contribution is 2.22. The van der Waals surface area contributed by atoms with Crippen LogP contribution < -0.4 is 15.6 Å². The van der Waals surface area contributed by atoms with Gasteiger partial charge in [0.25, 0.3) is 0 Å². The summed E-state index contributed by atoms with van der Waals surface area (Å²) in [7, 11) is 0. The van der Waals surface area contributed by atoms with Gasteiger partial charge in [-0.05, 0) is 55.2 Å². The number of hydrogen-bond donors (Lipinski definition) is 1. The van der Waals surface area contributed by atoms with Crippen molar-refractivity contribution in [1.82, 2.24) is 9.78 Å². The minimum atomic E-state index is -0.846. The van der Waals surface area contributed by atoms with Gasteiger partial charge >= 0.3 is 5.56 Å². The molecule has 0 radical (unpaired) electrons. The van der Waals surface area contributed by atoms with E-state index in [1.807, 2.05) is 30.3 Å². The molecule has 0 spiro atoms. The summed E-state index contributed by atoms with van der Waals surface area (Å²) in [5.41, 5.74) is -0.228. The Bertz CT molecular complexity index is 1000. The lowest BCUT2D eigenvalue weighted by Crippen LogP contribution is -2.28. The van der Waals surface area contributed by atoms with Crippen LogP contribution in [0.3, 0.4) is 0 Å². The van der Waals surface area contributed by atoms with Crippen LogP contribution in [0.2, 0.25) is 0 Å². The minimum Gasteiger partial charge on any atom is -0.457 e. The van der Waals surface area contributed by atoms with E-state index >= 15 is 0 Å². The second-order valence-electron chi connectivity index (χ2n) is 6.96. The van der Waals surface area contributed by atoms with Gasteiger partial charge in [-0.1, -0.05) is 18.2 Å². The van der Waals surface area contributed by atoms with Crippen molar-refractivity contribution in [2.75, 3.05) is 25.1 Å². The van der Waals surface area contributed by atoms with Crippen LogP contribution in [-0.4, -0.2) is 29.5 Å². The van der Waals surface area contributed by atoms with Crippen LogP contribution in [0.4, 0.5) is 10.1 Å². The average molecular weight is 395 g/mol. The van der Waals surface area contributed by atoms with Gasteiger partial charge in [0.05, 0.1) is 24.2 Å². The SMILES string of the molecule is O=c1c(F)c(NC[C@@H]2CCCOC2)cnn1-c1ccc(Oc2ccccc2)cc1. The van der Waals surface area contributed by atoms with Gasteiger partial charge in [-0.2, -0.15) is 14.2 Å². The van der Waals surface area contributed by atoms with Gasteiger partial charge in [0.15, 0.2) is 0 Å². The molecule has 1 atom stereocenters. The number of hydrogen-bond acceptors (Lipinski definition) is 5. The minimum absolute atomic E-state index is 0.112. The molecule has 1 saturated heterocycles. The van der Waals surface area contributed by atoms with E-state index in [2.05, 4.69) is 10.4 Å². The maximum absolute atomic E-state index is 14.6. The largest absolute Gasteiger partial charge is 0.457 e. The number of halogens is 1. The Balaban J connectivity index is 1.46. The van der Waals surface area contributed by atoms with Crippen LogP contribution in [-0.2, 0) is 4.74 Å². The van der Waals surface area contributed by atoms with E-state index in [-0.39, 0.29) is 5.69 Å². The molecule has 7 heteroatoms. The summed E-state index contributed by atoms with van der Waals surface area (Å²) in [5.74, 6) is 0.783. The third-order valence-electron chi connectivity index (χ3n) is 4.81. The number of ether oxygens (including phenoxy) is 2. The molecule has 29 heavy (non-hydrogen) atoms. The van der Waals surface area contributed by atoms with Crippen LogP contribution in [0.15, 0.2) is 65.6 Å². The second-order valence-corrected chi connectivity index (χ2v) is 6.96. The summed E-state index contributed by atoms with van der Waals surface area (Å²) in [4.78, 5) is 12.4. The first-order valence-electron chi connectivity index (χ1n) is 9.63. The van der Waals surface area contributed by atoms with Crippen LogP contribution in [0.5, 0.6) is 11.5 Å². The predicted octanol–water partition coefficient (Wildman–Crippen LogP) is 4.00. The van der Waals surface area contributed by atoms with E-state index in [1.54, 1.807) is 24.3 Å². The molecule has 1 fully saturated rings. The Morgan fingerprint density at radius 2 is 1.90 bits per heavy atom. The van der Waals surface area contributed by atoms with Gasteiger partial charge in [0.2, 0.25) is 5.82 Å². The van der Waals surface area contributed by atoms with Crippen LogP contribution in [0.1, 0.15) is 12.8 Å². The van der Waals surface area contributed by atoms with Crippen molar-refractivity contribution in [2.45, 2.75) is 12.8 Å². The van der Waals surface area contributed by atoms with Crippen molar-refractivity contribution in [1.29, 1.82) is 0 Å². The monoisotopic (exact) mass is 395 g/mol. The average Bonchev–Trinajstić information content (AvgIpc) is 2.77. The summed E-state index contributed by atoms with van der Waals surface area (Å²) in [6.45, 7) is 1.97. The molecule has 0 aliphatic carbocycles. The second kappa shape index (κ2) is 8.87. The van der Waals surface area contributed by atoms with Gasteiger partial charge < -0.3 is 14.8 Å². The maximum atomic E-state index is 14.6. The fraction of sp³-hybridized carbons (Fsp3) is 0.273. The lowest BCUT2D eigenvalue weighted by Gasteiger charge is -2.22. The van der Waals surface area contributed by atoms with Crippen molar-refractivity contribution in [2.24, 2.45) is 5.92 Å². The topological polar surface area (TPSA) is 65.4 Å². The van der Waals surface area contributed by atoms with E-state index < -0.39 is 11.4 Å². The summed E-state index contributed by atoms with van der Waals surface area (Å²) in [6.07, 6.45) is 3.37. The third-order valence-corrected chi connectivity index (χ3v) is 4.81. The standard InChI is InChI=1S/C22H22FN3O3/c23-21-20(24-13-16-5-4-12-28-15-16)14-25-26(22(21)27)17-8-10-19(11-9-17)29-18-6-2-1-3-7-18/h1-3,6-11,14,16,24H,4-5,12-13,15H2/t16-/m0/s1. The number of aromatic nitrogens is 2. The molecule has 1 aromatic heterocycles. The molecule has 150 valence electrons. The zero-order valence-electron chi connectivity index (χ0n) is 15.9. The predicted molar refractivity (Wildman–Crippen MR) is 108 cm³/mol. The molecular formula is C22H22FN3O3. The van der Waals surface area contributed by atoms with E-state index in [1.165, 1.54) is 6.20 Å². The van der Waals surface area contributed by atoms with Gasteiger partial charge in [0, 0.05) is 13.2 Å². The zero-order valence-corrected chi connectivity index (χ0v) is 15.9. The number of anilines is 1. The molecule has 2 heterocycles. The maximum Gasteiger partial charge on any atom is 0.309 e. The van der Waals surface area contributed by atoms with E-state index in [4.69, 9.17) is 9.47 Å². The number of para-hydroxylation sites is 1. The summed E-state index contributed by atoms with van der Waals surface area (Å²) >= 11 is 0. The Morgan fingerprint density at radius 1 is 1.14 bits per heavy atom.